The molecular weight excluding hydrogens is 286 g/mol. The lowest BCUT2D eigenvalue weighted by atomic mass is 9.91. The number of aryl methyl sites for hydroxylation is 1. The molecule has 2 saturated heterocycles. The van der Waals surface area contributed by atoms with E-state index < -0.39 is 0 Å². The second-order valence-corrected chi connectivity index (χ2v) is 7.00. The molecule has 0 amide bonds. The number of anilines is 1. The van der Waals surface area contributed by atoms with Gasteiger partial charge in [0.05, 0.1) is 17.8 Å². The monoisotopic (exact) mass is 307 g/mol. The van der Waals surface area contributed by atoms with E-state index in [9.17, 15) is 4.79 Å². The number of para-hydroxylation sites is 1. The molecule has 2 fully saturated rings. The number of thioether (sulfide) groups is 1. The lowest BCUT2D eigenvalue weighted by Gasteiger charge is -2.37. The smallest absolute Gasteiger partial charge is 0.340 e. The van der Waals surface area contributed by atoms with E-state index in [1.165, 1.54) is 0 Å². The van der Waals surface area contributed by atoms with Gasteiger partial charge in [-0.1, -0.05) is 12.1 Å². The van der Waals surface area contributed by atoms with Gasteiger partial charge in [0.15, 0.2) is 0 Å². The van der Waals surface area contributed by atoms with Crippen LogP contribution >= 0.6 is 11.8 Å². The van der Waals surface area contributed by atoms with Crippen molar-refractivity contribution < 1.29 is 14.3 Å². The van der Waals surface area contributed by atoms with Crippen molar-refractivity contribution in [3.8, 4) is 0 Å². The second kappa shape index (κ2) is 5.89. The molecule has 1 aromatic carbocycles. The first-order valence-electron chi connectivity index (χ1n) is 7.37. The predicted molar refractivity (Wildman–Crippen MR) is 84.7 cm³/mol. The van der Waals surface area contributed by atoms with E-state index in [-0.39, 0.29) is 17.7 Å². The number of nitrogens with two attached hydrogens (primary N) is 1. The van der Waals surface area contributed by atoms with Gasteiger partial charge in [0.2, 0.25) is 0 Å². The summed E-state index contributed by atoms with van der Waals surface area (Å²) in [5.74, 6) is 1.82. The summed E-state index contributed by atoms with van der Waals surface area (Å²) in [6.45, 7) is 2.56. The maximum atomic E-state index is 12.3. The quantitative estimate of drug-likeness (QED) is 0.672. The molecule has 0 aromatic heterocycles. The van der Waals surface area contributed by atoms with E-state index in [2.05, 4.69) is 0 Å². The SMILES string of the molecule is Cc1cccc(C(=O)OC2CCOC3(CCSC3)C2)c1N. The van der Waals surface area contributed by atoms with Gasteiger partial charge >= 0.3 is 5.97 Å². The first kappa shape index (κ1) is 14.7. The minimum atomic E-state index is -0.316. The second-order valence-electron chi connectivity index (χ2n) is 5.89. The zero-order chi connectivity index (χ0) is 14.9. The van der Waals surface area contributed by atoms with E-state index in [0.717, 1.165) is 36.3 Å². The zero-order valence-corrected chi connectivity index (χ0v) is 13.1. The molecular formula is C16H21NO3S. The number of hydrogen-bond donors (Lipinski definition) is 1. The maximum absolute atomic E-state index is 12.3. The van der Waals surface area contributed by atoms with Crippen LogP contribution in [0.2, 0.25) is 0 Å². The number of benzene rings is 1. The number of rotatable bonds is 2. The zero-order valence-electron chi connectivity index (χ0n) is 12.3. The van der Waals surface area contributed by atoms with E-state index in [4.69, 9.17) is 15.2 Å². The van der Waals surface area contributed by atoms with Crippen molar-refractivity contribution in [2.75, 3.05) is 23.8 Å². The number of nitrogen functional groups attached to an aromatic ring is 1. The van der Waals surface area contributed by atoms with Crippen molar-refractivity contribution >= 4 is 23.4 Å². The minimum absolute atomic E-state index is 0.0649. The lowest BCUT2D eigenvalue weighted by Crippen LogP contribution is -2.43. The molecule has 2 unspecified atom stereocenters. The van der Waals surface area contributed by atoms with Crippen LogP contribution in [0.5, 0.6) is 0 Å². The third kappa shape index (κ3) is 3.04. The molecule has 21 heavy (non-hydrogen) atoms. The van der Waals surface area contributed by atoms with Gasteiger partial charge in [0, 0.05) is 24.3 Å². The molecule has 0 bridgehead atoms. The Balaban J connectivity index is 1.68. The summed E-state index contributed by atoms with van der Waals surface area (Å²) in [5.41, 5.74) is 7.78. The van der Waals surface area contributed by atoms with Gasteiger partial charge in [-0.15, -0.1) is 0 Å². The number of carbonyl (C=O) groups excluding carboxylic acids is 1. The van der Waals surface area contributed by atoms with Gasteiger partial charge < -0.3 is 15.2 Å². The van der Waals surface area contributed by atoms with Crippen molar-refractivity contribution in [2.45, 2.75) is 37.9 Å². The number of ether oxygens (including phenoxy) is 2. The highest BCUT2D eigenvalue weighted by molar-refractivity contribution is 7.99. The van der Waals surface area contributed by atoms with Gasteiger partial charge in [-0.25, -0.2) is 4.79 Å². The normalized spacial score (nSPS) is 28.7. The topological polar surface area (TPSA) is 61.5 Å². The molecule has 3 rings (SSSR count). The molecule has 2 aliphatic heterocycles. The first-order valence-corrected chi connectivity index (χ1v) is 8.53. The largest absolute Gasteiger partial charge is 0.459 e. The van der Waals surface area contributed by atoms with Gasteiger partial charge in [-0.3, -0.25) is 0 Å². The van der Waals surface area contributed by atoms with Gasteiger partial charge in [0.1, 0.15) is 6.10 Å². The van der Waals surface area contributed by atoms with Gasteiger partial charge in [0.25, 0.3) is 0 Å². The summed E-state index contributed by atoms with van der Waals surface area (Å²) in [5, 5.41) is 0. The van der Waals surface area contributed by atoms with Crippen LogP contribution in [0.15, 0.2) is 18.2 Å². The molecule has 2 atom stereocenters. The third-order valence-corrected chi connectivity index (χ3v) is 5.56. The summed E-state index contributed by atoms with van der Waals surface area (Å²) in [7, 11) is 0. The lowest BCUT2D eigenvalue weighted by molar-refractivity contribution is -0.106. The maximum Gasteiger partial charge on any atom is 0.340 e. The Kier molecular flexibility index (Phi) is 4.13. The predicted octanol–water partition coefficient (Wildman–Crippen LogP) is 2.79. The summed E-state index contributed by atoms with van der Waals surface area (Å²) < 4.78 is 11.6. The highest BCUT2D eigenvalue weighted by Crippen LogP contribution is 2.39. The first-order chi connectivity index (χ1) is 10.1. The van der Waals surface area contributed by atoms with Crippen LogP contribution in [0.25, 0.3) is 0 Å². The average molecular weight is 307 g/mol. The van der Waals surface area contributed by atoms with Crippen LogP contribution in [0, 0.1) is 6.92 Å². The van der Waals surface area contributed by atoms with Crippen molar-refractivity contribution in [1.82, 2.24) is 0 Å². The molecule has 5 heteroatoms. The Bertz CT molecular complexity index is 540. The van der Waals surface area contributed by atoms with E-state index in [1.807, 2.05) is 30.8 Å². The molecule has 1 spiro atoms. The van der Waals surface area contributed by atoms with Crippen LogP contribution < -0.4 is 5.73 Å². The number of esters is 1. The fourth-order valence-electron chi connectivity index (χ4n) is 3.02. The van der Waals surface area contributed by atoms with Crippen LogP contribution in [-0.2, 0) is 9.47 Å². The van der Waals surface area contributed by atoms with E-state index in [0.29, 0.717) is 17.9 Å². The Morgan fingerprint density at radius 3 is 3.14 bits per heavy atom. The third-order valence-electron chi connectivity index (χ3n) is 4.33. The van der Waals surface area contributed by atoms with Gasteiger partial charge in [-0.2, -0.15) is 11.8 Å². The van der Waals surface area contributed by atoms with Crippen molar-refractivity contribution in [3.63, 3.8) is 0 Å². The molecule has 0 saturated carbocycles. The van der Waals surface area contributed by atoms with Crippen molar-refractivity contribution in [1.29, 1.82) is 0 Å². The fraction of sp³-hybridized carbons (Fsp3) is 0.562. The highest BCUT2D eigenvalue weighted by Gasteiger charge is 2.41. The van der Waals surface area contributed by atoms with E-state index >= 15 is 0 Å². The van der Waals surface area contributed by atoms with Gasteiger partial charge in [-0.05, 0) is 30.7 Å². The number of hydrogen-bond acceptors (Lipinski definition) is 5. The van der Waals surface area contributed by atoms with Crippen molar-refractivity contribution in [2.24, 2.45) is 0 Å². The van der Waals surface area contributed by atoms with E-state index in [1.54, 1.807) is 6.07 Å². The summed E-state index contributed by atoms with van der Waals surface area (Å²) in [6.07, 6.45) is 2.56. The molecule has 0 radical (unpaired) electrons. The molecule has 0 aliphatic carbocycles. The Morgan fingerprint density at radius 2 is 2.38 bits per heavy atom. The fourth-order valence-corrected chi connectivity index (χ4v) is 4.40. The Labute approximate surface area is 129 Å². The van der Waals surface area contributed by atoms with Crippen LogP contribution in [0.3, 0.4) is 0 Å². The molecule has 2 aliphatic rings. The van der Waals surface area contributed by atoms with Crippen LogP contribution in [-0.4, -0.2) is 35.8 Å². The summed E-state index contributed by atoms with van der Waals surface area (Å²) in [4.78, 5) is 12.3. The summed E-state index contributed by atoms with van der Waals surface area (Å²) in [6, 6.07) is 5.46. The Hall–Kier alpha value is -1.20. The van der Waals surface area contributed by atoms with Crippen LogP contribution in [0.1, 0.15) is 35.2 Å². The molecule has 2 N–H and O–H groups in total. The van der Waals surface area contributed by atoms with Crippen LogP contribution in [0.4, 0.5) is 5.69 Å². The standard InChI is InChI=1S/C16H21NO3S/c1-11-3-2-4-13(14(11)17)15(18)20-12-5-7-19-16(9-12)6-8-21-10-16/h2-4,12H,5-10,17H2,1H3. The number of carbonyl (C=O) groups is 1. The molecule has 2 heterocycles. The highest BCUT2D eigenvalue weighted by atomic mass is 32.2. The minimum Gasteiger partial charge on any atom is -0.459 e. The summed E-state index contributed by atoms with van der Waals surface area (Å²) >= 11 is 1.92. The average Bonchev–Trinajstić information content (AvgIpc) is 2.89. The molecule has 1 aromatic rings. The molecule has 4 nitrogen and oxygen atoms in total. The van der Waals surface area contributed by atoms with Crippen molar-refractivity contribution in [3.05, 3.63) is 29.3 Å². The Morgan fingerprint density at radius 1 is 1.52 bits per heavy atom. The molecule has 114 valence electrons.